The number of rotatable bonds is 10. The molecule has 2 aromatic heterocycles. The van der Waals surface area contributed by atoms with Gasteiger partial charge in [0.25, 0.3) is 0 Å². The molecule has 0 saturated carbocycles. The van der Waals surface area contributed by atoms with Crippen LogP contribution in [0.3, 0.4) is 0 Å². The lowest BCUT2D eigenvalue weighted by molar-refractivity contribution is 0.494. The van der Waals surface area contributed by atoms with Gasteiger partial charge in [0.2, 0.25) is 0 Å². The second-order valence-corrected chi connectivity index (χ2v) is 21.5. The van der Waals surface area contributed by atoms with E-state index in [1.54, 1.807) is 0 Å². The van der Waals surface area contributed by atoms with E-state index in [1.165, 1.54) is 76.6 Å². The lowest BCUT2D eigenvalue weighted by Crippen LogP contribution is -2.19. The van der Waals surface area contributed by atoms with Crippen molar-refractivity contribution in [1.29, 1.82) is 0 Å². The van der Waals surface area contributed by atoms with Crippen LogP contribution in [0, 0.1) is 27.7 Å². The number of hydrogen-bond donors (Lipinski definition) is 0. The molecule has 0 aliphatic heterocycles. The lowest BCUT2D eigenvalue weighted by Gasteiger charge is -2.32. The molecule has 4 heteroatoms. The van der Waals surface area contributed by atoms with Gasteiger partial charge in [0, 0.05) is 55.0 Å². The van der Waals surface area contributed by atoms with E-state index in [0.717, 1.165) is 93.1 Å². The van der Waals surface area contributed by atoms with Crippen molar-refractivity contribution in [2.75, 3.05) is 9.80 Å². The summed E-state index contributed by atoms with van der Waals surface area (Å²) in [6.45, 7) is 22.7. The molecule has 2 heterocycles. The van der Waals surface area contributed by atoms with Crippen LogP contribution in [0.15, 0.2) is 154 Å². The van der Waals surface area contributed by atoms with Crippen LogP contribution in [0.1, 0.15) is 106 Å². The number of anilines is 5. The van der Waals surface area contributed by atoms with Crippen LogP contribution in [0.4, 0.5) is 28.4 Å². The third kappa shape index (κ3) is 6.63. The molecule has 1 aliphatic rings. The monoisotopic (exact) mass is 914 g/mol. The maximum Gasteiger partial charge on any atom is 0.159 e. The third-order valence-corrected chi connectivity index (χ3v) is 16.3. The van der Waals surface area contributed by atoms with E-state index in [4.69, 9.17) is 8.83 Å². The van der Waals surface area contributed by atoms with Crippen molar-refractivity contribution in [2.45, 2.75) is 106 Å². The zero-order chi connectivity index (χ0) is 48.4. The van der Waals surface area contributed by atoms with E-state index in [2.05, 4.69) is 225 Å². The standard InChI is InChI=1S/C66H62N2O2/c1-11-65(7,8)51-21-13-17-45-47-19-15-23-57(63(47)69-61(45)51)67(53-33-25-39(3)37-41(53)5)55-35-29-43-28-32-50-56(36-30-44-27-31-49(55)59(43)60(44)50)68(54-34-26-40(4)38-42(54)6)58-24-16-20-48-46-18-14-22-52(66(9,10)12-2)62(46)70-64(48)58/h13-15,17-19,21-38H,11-12,16,20H2,1-10H3. The van der Waals surface area contributed by atoms with Gasteiger partial charge in [-0.1, -0.05) is 168 Å². The summed E-state index contributed by atoms with van der Waals surface area (Å²) in [5, 5.41) is 10.8. The summed E-state index contributed by atoms with van der Waals surface area (Å²) in [5.74, 6) is 0.975. The predicted octanol–water partition coefficient (Wildman–Crippen LogP) is 19.4. The highest BCUT2D eigenvalue weighted by atomic mass is 16.3. The first kappa shape index (κ1) is 43.9. The minimum absolute atomic E-state index is 0.0241. The van der Waals surface area contributed by atoms with E-state index in [0.29, 0.717) is 0 Å². The Morgan fingerprint density at radius 2 is 0.943 bits per heavy atom. The summed E-state index contributed by atoms with van der Waals surface area (Å²) < 4.78 is 14.4. The Labute approximate surface area is 412 Å². The van der Waals surface area contributed by atoms with E-state index >= 15 is 0 Å². The van der Waals surface area contributed by atoms with E-state index in [-0.39, 0.29) is 10.8 Å². The highest BCUT2D eigenvalue weighted by molar-refractivity contribution is 6.28. The molecule has 0 unspecified atom stereocenters. The minimum atomic E-state index is -0.0450. The molecule has 0 amide bonds. The number of aryl methyl sites for hydroxylation is 5. The number of benzene rings is 9. The van der Waals surface area contributed by atoms with Gasteiger partial charge < -0.3 is 18.6 Å². The molecule has 0 atom stereocenters. The van der Waals surface area contributed by atoms with Crippen LogP contribution in [-0.2, 0) is 17.3 Å². The Morgan fingerprint density at radius 3 is 1.51 bits per heavy atom. The van der Waals surface area contributed by atoms with Crippen molar-refractivity contribution in [3.05, 3.63) is 190 Å². The molecule has 0 N–H and O–H groups in total. The van der Waals surface area contributed by atoms with Crippen molar-refractivity contribution >= 4 is 99.4 Å². The highest BCUT2D eigenvalue weighted by Gasteiger charge is 2.33. The normalized spacial score (nSPS) is 13.4. The van der Waals surface area contributed by atoms with E-state index < -0.39 is 0 Å². The first-order valence-electron chi connectivity index (χ1n) is 25.4. The number of fused-ring (bicyclic) bond motifs is 6. The van der Waals surface area contributed by atoms with Crippen LogP contribution in [0.25, 0.3) is 70.9 Å². The molecule has 9 aromatic carbocycles. The van der Waals surface area contributed by atoms with Crippen LogP contribution in [-0.4, -0.2) is 0 Å². The molecular formula is C66H62N2O2. The van der Waals surface area contributed by atoms with Gasteiger partial charge in [0.15, 0.2) is 11.3 Å². The van der Waals surface area contributed by atoms with Gasteiger partial charge in [0.1, 0.15) is 11.2 Å². The Morgan fingerprint density at radius 1 is 0.457 bits per heavy atom. The quantitative estimate of drug-likeness (QED) is 0.128. The molecule has 0 spiro atoms. The fourth-order valence-electron chi connectivity index (χ4n) is 11.7. The molecular weight excluding hydrogens is 853 g/mol. The summed E-state index contributed by atoms with van der Waals surface area (Å²) in [5.41, 5.74) is 18.2. The number of furan rings is 2. The van der Waals surface area contributed by atoms with Crippen LogP contribution in [0.5, 0.6) is 0 Å². The SMILES string of the molecule is CCC(C)(C)c1cccc2c3c(oc12)C(N(c1ccc(C)cc1C)c1ccc2ccc4c(N(c5ccc(C)cc5C)c5cccc6c5oc5c(C(C)(C)CC)cccc56)ccc5ccc1c2c54)=CCC3. The fourth-order valence-corrected chi connectivity index (χ4v) is 11.7. The molecule has 11 aromatic rings. The van der Waals surface area contributed by atoms with Crippen molar-refractivity contribution < 1.29 is 8.83 Å². The Bertz CT molecular complexity index is 3930. The van der Waals surface area contributed by atoms with Crippen molar-refractivity contribution in [2.24, 2.45) is 0 Å². The number of hydrogen-bond acceptors (Lipinski definition) is 4. The Hall–Kier alpha value is -7.30. The first-order valence-corrected chi connectivity index (χ1v) is 25.4. The maximum absolute atomic E-state index is 7.23. The van der Waals surface area contributed by atoms with E-state index in [9.17, 15) is 0 Å². The topological polar surface area (TPSA) is 32.8 Å². The van der Waals surface area contributed by atoms with Gasteiger partial charge >= 0.3 is 0 Å². The first-order chi connectivity index (χ1) is 33.8. The largest absolute Gasteiger partial charge is 0.454 e. The number of allylic oxidation sites excluding steroid dienone is 1. The lowest BCUT2D eigenvalue weighted by atomic mass is 9.81. The van der Waals surface area contributed by atoms with Crippen molar-refractivity contribution in [3.8, 4) is 0 Å². The highest BCUT2D eigenvalue weighted by Crippen LogP contribution is 2.52. The van der Waals surface area contributed by atoms with E-state index in [1.807, 2.05) is 0 Å². The molecule has 12 rings (SSSR count). The van der Waals surface area contributed by atoms with Gasteiger partial charge in [0.05, 0.1) is 22.8 Å². The van der Waals surface area contributed by atoms with Gasteiger partial charge in [-0.15, -0.1) is 0 Å². The molecule has 70 heavy (non-hydrogen) atoms. The molecule has 348 valence electrons. The smallest absolute Gasteiger partial charge is 0.159 e. The van der Waals surface area contributed by atoms with Crippen LogP contribution >= 0.6 is 0 Å². The van der Waals surface area contributed by atoms with Crippen LogP contribution in [0.2, 0.25) is 0 Å². The average Bonchev–Trinajstić information content (AvgIpc) is 3.95. The summed E-state index contributed by atoms with van der Waals surface area (Å²) in [7, 11) is 0. The summed E-state index contributed by atoms with van der Waals surface area (Å²) in [6.07, 6.45) is 6.32. The Balaban J connectivity index is 1.11. The fraction of sp³-hybridized carbons (Fsp3) is 0.242. The summed E-state index contributed by atoms with van der Waals surface area (Å²) in [4.78, 5) is 4.97. The maximum atomic E-state index is 7.23. The zero-order valence-corrected chi connectivity index (χ0v) is 42.4. The van der Waals surface area contributed by atoms with Crippen LogP contribution < -0.4 is 9.80 Å². The van der Waals surface area contributed by atoms with Gasteiger partial charge in [-0.05, 0) is 127 Å². The predicted molar refractivity (Wildman–Crippen MR) is 299 cm³/mol. The van der Waals surface area contributed by atoms with Crippen molar-refractivity contribution in [1.82, 2.24) is 0 Å². The zero-order valence-electron chi connectivity index (χ0n) is 42.4. The minimum Gasteiger partial charge on any atom is -0.454 e. The summed E-state index contributed by atoms with van der Waals surface area (Å²) >= 11 is 0. The molecule has 4 nitrogen and oxygen atoms in total. The average molecular weight is 915 g/mol. The van der Waals surface area contributed by atoms with Gasteiger partial charge in [-0.25, -0.2) is 0 Å². The van der Waals surface area contributed by atoms with Gasteiger partial charge in [-0.3, -0.25) is 0 Å². The third-order valence-electron chi connectivity index (χ3n) is 16.3. The molecule has 0 bridgehead atoms. The van der Waals surface area contributed by atoms with Crippen molar-refractivity contribution in [3.63, 3.8) is 0 Å². The van der Waals surface area contributed by atoms with Gasteiger partial charge in [-0.2, -0.15) is 0 Å². The number of para-hydroxylation sites is 3. The molecule has 0 fully saturated rings. The molecule has 1 aliphatic carbocycles. The molecule has 0 radical (unpaired) electrons. The summed E-state index contributed by atoms with van der Waals surface area (Å²) in [6, 6.07) is 52.4. The second-order valence-electron chi connectivity index (χ2n) is 21.5. The second kappa shape index (κ2) is 16.1. The number of nitrogens with zero attached hydrogens (tertiary/aromatic N) is 2. The molecule has 0 saturated heterocycles. The Kier molecular flexibility index (Phi) is 10.1.